The van der Waals surface area contributed by atoms with E-state index in [1.165, 1.54) is 12.5 Å². The van der Waals surface area contributed by atoms with Crippen LogP contribution in [-0.2, 0) is 35.2 Å². The second-order valence-corrected chi connectivity index (χ2v) is 6.86. The summed E-state index contributed by atoms with van der Waals surface area (Å²) < 4.78 is 0. The van der Waals surface area contributed by atoms with Crippen molar-refractivity contribution in [2.24, 2.45) is 11.5 Å². The highest BCUT2D eigenvalue weighted by Gasteiger charge is 2.31. The minimum atomic E-state index is -1.81. The molecule has 0 saturated carbocycles. The molecule has 33 heavy (non-hydrogen) atoms. The third-order valence-electron chi connectivity index (χ3n) is 4.18. The third-order valence-corrected chi connectivity index (χ3v) is 4.18. The normalized spacial score (nSPS) is 14.2. The Balaban J connectivity index is 2.94. The molecule has 0 aliphatic rings. The highest BCUT2D eigenvalue weighted by Crippen LogP contribution is 2.02. The Morgan fingerprint density at radius 3 is 2.00 bits per heavy atom. The predicted molar refractivity (Wildman–Crippen MR) is 107 cm³/mol. The summed E-state index contributed by atoms with van der Waals surface area (Å²) in [6.07, 6.45) is 1.08. The zero-order chi connectivity index (χ0) is 25.1. The summed E-state index contributed by atoms with van der Waals surface area (Å²) in [6, 6.07) is -6.20. The number of amides is 4. The number of nitrogens with one attached hydrogen (secondary N) is 4. The van der Waals surface area contributed by atoms with E-state index in [-0.39, 0.29) is 6.42 Å². The van der Waals surface area contributed by atoms with Crippen molar-refractivity contribution in [1.82, 2.24) is 25.9 Å². The van der Waals surface area contributed by atoms with E-state index in [0.717, 1.165) is 0 Å². The van der Waals surface area contributed by atoms with Gasteiger partial charge in [-0.2, -0.15) is 0 Å². The molecular formula is C17H25N7O9. The summed E-state index contributed by atoms with van der Waals surface area (Å²) in [4.78, 5) is 76.6. The Bertz CT molecular complexity index is 874. The number of carbonyl (C=O) groups excluding carboxylic acids is 4. The van der Waals surface area contributed by atoms with Gasteiger partial charge in [-0.05, 0) is 0 Å². The Morgan fingerprint density at radius 2 is 1.52 bits per heavy atom. The number of aromatic amines is 1. The lowest BCUT2D eigenvalue weighted by Gasteiger charge is -2.23. The van der Waals surface area contributed by atoms with Crippen molar-refractivity contribution in [1.29, 1.82) is 0 Å². The number of carboxylic acids is 2. The molecule has 1 heterocycles. The second-order valence-electron chi connectivity index (χ2n) is 6.86. The average Bonchev–Trinajstić information content (AvgIpc) is 3.22. The number of nitrogens with two attached hydrogens (primary N) is 2. The summed E-state index contributed by atoms with van der Waals surface area (Å²) in [6.45, 7) is -0.969. The fraction of sp³-hybridized carbons (Fsp3) is 0.471. The van der Waals surface area contributed by atoms with E-state index >= 15 is 0 Å². The summed E-state index contributed by atoms with van der Waals surface area (Å²) >= 11 is 0. The first-order chi connectivity index (χ1) is 15.4. The SMILES string of the molecule is NC(=O)CC(N)C(=O)NC(Cc1cnc[nH]1)C(=O)NC(CO)C(=O)NC(CC(=O)O)C(=O)O. The smallest absolute Gasteiger partial charge is 0.326 e. The van der Waals surface area contributed by atoms with E-state index in [1.54, 1.807) is 0 Å². The van der Waals surface area contributed by atoms with Gasteiger partial charge in [-0.3, -0.25) is 24.0 Å². The van der Waals surface area contributed by atoms with E-state index in [0.29, 0.717) is 5.69 Å². The van der Waals surface area contributed by atoms with Crippen molar-refractivity contribution in [2.45, 2.75) is 43.4 Å². The standard InChI is InChI=1S/C17H25N7O9/c18-8(2-12(19)26)14(29)22-9(1-7-4-20-6-21-7)15(30)24-11(5-25)16(31)23-10(17(32)33)3-13(27)28/h4,6,8-11,25H,1-3,5,18H2,(H2,19,26)(H,20,21)(H,22,29)(H,23,31)(H,24,30)(H,27,28)(H,32,33). The molecule has 1 rings (SSSR count). The molecule has 4 amide bonds. The molecule has 16 nitrogen and oxygen atoms in total. The minimum absolute atomic E-state index is 0.155. The van der Waals surface area contributed by atoms with E-state index in [9.17, 15) is 33.9 Å². The molecular weight excluding hydrogens is 446 g/mol. The van der Waals surface area contributed by atoms with Crippen LogP contribution in [0.3, 0.4) is 0 Å². The van der Waals surface area contributed by atoms with Gasteiger partial charge < -0.3 is 47.7 Å². The first-order valence-electron chi connectivity index (χ1n) is 9.42. The highest BCUT2D eigenvalue weighted by molar-refractivity contribution is 5.95. The molecule has 0 aromatic carbocycles. The van der Waals surface area contributed by atoms with Crippen LogP contribution in [0.25, 0.3) is 0 Å². The van der Waals surface area contributed by atoms with Gasteiger partial charge in [-0.25, -0.2) is 9.78 Å². The topological polar surface area (TPSA) is 280 Å². The minimum Gasteiger partial charge on any atom is -0.481 e. The van der Waals surface area contributed by atoms with Gasteiger partial charge >= 0.3 is 11.9 Å². The molecule has 1 aromatic heterocycles. The molecule has 182 valence electrons. The van der Waals surface area contributed by atoms with Gasteiger partial charge in [-0.15, -0.1) is 0 Å². The van der Waals surface area contributed by atoms with Crippen LogP contribution in [0.2, 0.25) is 0 Å². The number of aliphatic hydroxyl groups is 1. The van der Waals surface area contributed by atoms with Crippen molar-refractivity contribution in [2.75, 3.05) is 6.61 Å². The maximum absolute atomic E-state index is 12.7. The molecule has 0 fully saturated rings. The summed E-state index contributed by atoms with van der Waals surface area (Å²) in [5.74, 6) is -7.02. The zero-order valence-electron chi connectivity index (χ0n) is 17.2. The summed E-state index contributed by atoms with van der Waals surface area (Å²) in [7, 11) is 0. The number of nitrogens with zero attached hydrogens (tertiary/aromatic N) is 1. The monoisotopic (exact) mass is 471 g/mol. The number of H-pyrrole nitrogens is 1. The van der Waals surface area contributed by atoms with Crippen molar-refractivity contribution < 1.29 is 44.1 Å². The number of aliphatic carboxylic acids is 2. The van der Waals surface area contributed by atoms with Crippen LogP contribution >= 0.6 is 0 Å². The van der Waals surface area contributed by atoms with E-state index < -0.39 is 79.2 Å². The summed E-state index contributed by atoms with van der Waals surface area (Å²) in [5.41, 5.74) is 11.0. The lowest BCUT2D eigenvalue weighted by atomic mass is 10.1. The molecule has 16 heteroatoms. The molecule has 11 N–H and O–H groups in total. The molecule has 0 aliphatic carbocycles. The number of aromatic nitrogens is 2. The van der Waals surface area contributed by atoms with Crippen molar-refractivity contribution in [3.63, 3.8) is 0 Å². The van der Waals surface area contributed by atoms with E-state index in [4.69, 9.17) is 21.7 Å². The number of hydrogen-bond acceptors (Lipinski definition) is 9. The molecule has 0 radical (unpaired) electrons. The van der Waals surface area contributed by atoms with Gasteiger partial charge in [0, 0.05) is 18.3 Å². The largest absolute Gasteiger partial charge is 0.481 e. The first-order valence-corrected chi connectivity index (χ1v) is 9.42. The van der Waals surface area contributed by atoms with Gasteiger partial charge in [0.15, 0.2) is 0 Å². The fourth-order valence-electron chi connectivity index (χ4n) is 2.53. The Kier molecular flexibility index (Phi) is 10.4. The molecule has 1 aromatic rings. The highest BCUT2D eigenvalue weighted by atomic mass is 16.4. The predicted octanol–water partition coefficient (Wildman–Crippen LogP) is -4.84. The molecule has 0 bridgehead atoms. The lowest BCUT2D eigenvalue weighted by molar-refractivity contribution is -0.147. The lowest BCUT2D eigenvalue weighted by Crippen LogP contribution is -2.58. The van der Waals surface area contributed by atoms with Crippen molar-refractivity contribution in [3.05, 3.63) is 18.2 Å². The quantitative estimate of drug-likeness (QED) is 0.124. The molecule has 0 saturated heterocycles. The number of imidazole rings is 1. The third kappa shape index (κ3) is 9.32. The van der Waals surface area contributed by atoms with Crippen molar-refractivity contribution >= 4 is 35.6 Å². The number of carboxylic acid groups (broad SMARTS) is 2. The van der Waals surface area contributed by atoms with Crippen LogP contribution in [-0.4, -0.2) is 91.6 Å². The van der Waals surface area contributed by atoms with Crippen LogP contribution in [0.4, 0.5) is 0 Å². The van der Waals surface area contributed by atoms with Crippen molar-refractivity contribution in [3.8, 4) is 0 Å². The maximum atomic E-state index is 12.7. The van der Waals surface area contributed by atoms with Crippen LogP contribution in [0.15, 0.2) is 12.5 Å². The first kappa shape index (κ1) is 27.0. The van der Waals surface area contributed by atoms with Crippen LogP contribution < -0.4 is 27.4 Å². The maximum Gasteiger partial charge on any atom is 0.326 e. The van der Waals surface area contributed by atoms with E-state index in [2.05, 4.69) is 20.6 Å². The molecule has 0 spiro atoms. The number of primary amides is 1. The van der Waals surface area contributed by atoms with Gasteiger partial charge in [0.1, 0.15) is 18.1 Å². The number of hydrogen-bond donors (Lipinski definition) is 9. The zero-order valence-corrected chi connectivity index (χ0v) is 17.2. The van der Waals surface area contributed by atoms with Gasteiger partial charge in [0.25, 0.3) is 0 Å². The molecule has 4 atom stereocenters. The van der Waals surface area contributed by atoms with Crippen LogP contribution in [0.5, 0.6) is 0 Å². The number of aliphatic hydroxyl groups excluding tert-OH is 1. The van der Waals surface area contributed by atoms with Gasteiger partial charge in [-0.1, -0.05) is 0 Å². The second kappa shape index (κ2) is 12.7. The Hall–Kier alpha value is -4.05. The molecule has 4 unspecified atom stereocenters. The number of rotatable bonds is 14. The Labute approximate surface area is 186 Å². The average molecular weight is 471 g/mol. The molecule has 0 aliphatic heterocycles. The van der Waals surface area contributed by atoms with Crippen LogP contribution in [0, 0.1) is 0 Å². The van der Waals surface area contributed by atoms with E-state index in [1.807, 2.05) is 5.32 Å². The summed E-state index contributed by atoms with van der Waals surface area (Å²) in [5, 5.41) is 33.6. The number of carbonyl (C=O) groups is 6. The Morgan fingerprint density at radius 1 is 0.939 bits per heavy atom. The van der Waals surface area contributed by atoms with Gasteiger partial charge in [0.05, 0.1) is 31.8 Å². The van der Waals surface area contributed by atoms with Crippen LogP contribution in [0.1, 0.15) is 18.5 Å². The van der Waals surface area contributed by atoms with Gasteiger partial charge in [0.2, 0.25) is 23.6 Å². The fourth-order valence-corrected chi connectivity index (χ4v) is 2.53.